The van der Waals surface area contributed by atoms with E-state index in [9.17, 15) is 5.11 Å². The highest BCUT2D eigenvalue weighted by atomic mass is 16.7. The van der Waals surface area contributed by atoms with Gasteiger partial charge in [-0.15, -0.1) is 0 Å². The average Bonchev–Trinajstić information content (AvgIpc) is 3.27. The molecule has 0 bridgehead atoms. The molecular weight excluding hydrogens is 392 g/mol. The van der Waals surface area contributed by atoms with Crippen LogP contribution in [0.1, 0.15) is 0 Å². The number of aliphatic hydroxyl groups excluding tert-OH is 1. The summed E-state index contributed by atoms with van der Waals surface area (Å²) in [5.74, 6) is 2.26. The Bertz CT molecular complexity index is 1060. The molecule has 0 aliphatic carbocycles. The molecule has 0 saturated carbocycles. The summed E-state index contributed by atoms with van der Waals surface area (Å²) in [7, 11) is 2.13. The van der Waals surface area contributed by atoms with Crippen LogP contribution in [-0.4, -0.2) is 74.2 Å². The van der Waals surface area contributed by atoms with Gasteiger partial charge in [0.15, 0.2) is 11.5 Å². The number of β-amino-alcohol motifs (C(OH)–C–C–N with tert-alkyl or cyclic N) is 1. The van der Waals surface area contributed by atoms with Crippen molar-refractivity contribution in [1.29, 1.82) is 0 Å². The molecule has 5 rings (SSSR count). The maximum atomic E-state index is 10.6. The lowest BCUT2D eigenvalue weighted by molar-refractivity contribution is 0.0506. The van der Waals surface area contributed by atoms with Crippen molar-refractivity contribution in [2.24, 2.45) is 0 Å². The van der Waals surface area contributed by atoms with E-state index < -0.39 is 6.10 Å². The minimum atomic E-state index is -0.542. The van der Waals surface area contributed by atoms with Gasteiger partial charge >= 0.3 is 0 Å². The second kappa shape index (κ2) is 8.75. The molecule has 0 amide bonds. The molecule has 1 fully saturated rings. The third kappa shape index (κ3) is 4.32. The van der Waals surface area contributed by atoms with E-state index in [0.717, 1.165) is 65.3 Å². The fourth-order valence-corrected chi connectivity index (χ4v) is 4.29. The number of ether oxygens (including phenoxy) is 3. The van der Waals surface area contributed by atoms with E-state index in [1.165, 1.54) is 0 Å². The van der Waals surface area contributed by atoms with Gasteiger partial charge in [-0.2, -0.15) is 0 Å². The van der Waals surface area contributed by atoms with Crippen LogP contribution in [0.3, 0.4) is 0 Å². The molecule has 0 radical (unpaired) electrons. The summed E-state index contributed by atoms with van der Waals surface area (Å²) in [6.45, 7) is 5.15. The molecule has 1 N–H and O–H groups in total. The molecule has 6 heteroatoms. The third-order valence-corrected chi connectivity index (χ3v) is 6.05. The first kappa shape index (κ1) is 20.1. The van der Waals surface area contributed by atoms with Crippen molar-refractivity contribution in [2.45, 2.75) is 6.10 Å². The number of aliphatic hydroxyl groups is 1. The highest BCUT2D eigenvalue weighted by molar-refractivity contribution is 6.00. The molecular formula is C25H28N2O4. The van der Waals surface area contributed by atoms with Gasteiger partial charge in [0.1, 0.15) is 18.5 Å². The number of piperazine rings is 1. The van der Waals surface area contributed by atoms with Crippen LogP contribution >= 0.6 is 0 Å². The Labute approximate surface area is 182 Å². The minimum Gasteiger partial charge on any atom is -0.490 e. The van der Waals surface area contributed by atoms with Gasteiger partial charge in [0.05, 0.1) is 0 Å². The Morgan fingerprint density at radius 1 is 0.968 bits per heavy atom. The first-order valence-electron chi connectivity index (χ1n) is 10.8. The van der Waals surface area contributed by atoms with Gasteiger partial charge < -0.3 is 24.2 Å². The van der Waals surface area contributed by atoms with Gasteiger partial charge in [-0.05, 0) is 41.6 Å². The van der Waals surface area contributed by atoms with Gasteiger partial charge in [0.2, 0.25) is 6.79 Å². The van der Waals surface area contributed by atoms with Crippen molar-refractivity contribution in [1.82, 2.24) is 9.80 Å². The summed E-state index contributed by atoms with van der Waals surface area (Å²) in [6.07, 6.45) is -0.542. The Hall–Kier alpha value is -2.80. The monoisotopic (exact) mass is 420 g/mol. The molecule has 1 unspecified atom stereocenters. The lowest BCUT2D eigenvalue weighted by Crippen LogP contribution is -2.47. The van der Waals surface area contributed by atoms with E-state index in [1.54, 1.807) is 0 Å². The summed E-state index contributed by atoms with van der Waals surface area (Å²) in [5.41, 5.74) is 2.01. The zero-order chi connectivity index (χ0) is 21.2. The maximum absolute atomic E-state index is 10.6. The maximum Gasteiger partial charge on any atom is 0.231 e. The lowest BCUT2D eigenvalue weighted by atomic mass is 9.97. The van der Waals surface area contributed by atoms with Crippen molar-refractivity contribution in [2.75, 3.05) is 53.2 Å². The zero-order valence-corrected chi connectivity index (χ0v) is 17.8. The molecule has 0 spiro atoms. The smallest absolute Gasteiger partial charge is 0.231 e. The quantitative estimate of drug-likeness (QED) is 0.661. The SMILES string of the molecule is CN1CCN(CC(O)COc2ccc3ccccc3c2-c2ccc3c(c2)OCO3)CC1. The summed E-state index contributed by atoms with van der Waals surface area (Å²) in [6, 6.07) is 18.3. The van der Waals surface area contributed by atoms with E-state index in [2.05, 4.69) is 35.0 Å². The van der Waals surface area contributed by atoms with Crippen molar-refractivity contribution >= 4 is 10.8 Å². The Morgan fingerprint density at radius 3 is 2.65 bits per heavy atom. The molecule has 1 atom stereocenters. The van der Waals surface area contributed by atoms with E-state index in [-0.39, 0.29) is 13.4 Å². The van der Waals surface area contributed by atoms with Crippen molar-refractivity contribution in [3.63, 3.8) is 0 Å². The van der Waals surface area contributed by atoms with Crippen LogP contribution in [-0.2, 0) is 0 Å². The van der Waals surface area contributed by atoms with E-state index in [0.29, 0.717) is 6.54 Å². The number of benzene rings is 3. The van der Waals surface area contributed by atoms with Crippen LogP contribution in [0.5, 0.6) is 17.2 Å². The van der Waals surface area contributed by atoms with Gasteiger partial charge in [-0.3, -0.25) is 4.90 Å². The van der Waals surface area contributed by atoms with Crippen molar-refractivity contribution < 1.29 is 19.3 Å². The second-order valence-corrected chi connectivity index (χ2v) is 8.30. The van der Waals surface area contributed by atoms with Crippen LogP contribution in [0.15, 0.2) is 54.6 Å². The molecule has 2 aliphatic rings. The highest BCUT2D eigenvalue weighted by Crippen LogP contribution is 2.42. The standard InChI is InChI=1S/C25H28N2O4/c1-26-10-12-27(13-11-26)15-20(28)16-29-23-9-6-18-4-2-3-5-21(18)25(23)19-7-8-22-24(14-19)31-17-30-22/h2-9,14,20,28H,10-13,15-17H2,1H3. The van der Waals surface area contributed by atoms with Gasteiger partial charge in [0, 0.05) is 38.3 Å². The summed E-state index contributed by atoms with van der Waals surface area (Å²) >= 11 is 0. The van der Waals surface area contributed by atoms with Crippen LogP contribution in [0, 0.1) is 0 Å². The molecule has 1 saturated heterocycles. The number of likely N-dealkylation sites (N-methyl/N-ethyl adjacent to an activating group) is 1. The predicted molar refractivity (Wildman–Crippen MR) is 121 cm³/mol. The molecule has 3 aromatic rings. The van der Waals surface area contributed by atoms with E-state index >= 15 is 0 Å². The third-order valence-electron chi connectivity index (χ3n) is 6.05. The number of hydrogen-bond acceptors (Lipinski definition) is 6. The number of fused-ring (bicyclic) bond motifs is 2. The number of hydrogen-bond donors (Lipinski definition) is 1. The molecule has 0 aromatic heterocycles. The van der Waals surface area contributed by atoms with Crippen LogP contribution in [0.4, 0.5) is 0 Å². The van der Waals surface area contributed by atoms with Gasteiger partial charge in [-0.1, -0.05) is 36.4 Å². The molecule has 6 nitrogen and oxygen atoms in total. The number of rotatable bonds is 6. The second-order valence-electron chi connectivity index (χ2n) is 8.30. The Kier molecular flexibility index (Phi) is 5.68. The summed E-state index contributed by atoms with van der Waals surface area (Å²) < 4.78 is 17.2. The van der Waals surface area contributed by atoms with Crippen LogP contribution in [0.2, 0.25) is 0 Å². The van der Waals surface area contributed by atoms with Gasteiger partial charge in [0.25, 0.3) is 0 Å². The van der Waals surface area contributed by atoms with E-state index in [4.69, 9.17) is 14.2 Å². The van der Waals surface area contributed by atoms with Crippen LogP contribution < -0.4 is 14.2 Å². The molecule has 3 aromatic carbocycles. The van der Waals surface area contributed by atoms with Crippen molar-refractivity contribution in [3.8, 4) is 28.4 Å². The lowest BCUT2D eigenvalue weighted by Gasteiger charge is -2.33. The fraction of sp³-hybridized carbons (Fsp3) is 0.360. The number of nitrogens with zero attached hydrogens (tertiary/aromatic N) is 2. The van der Waals surface area contributed by atoms with Crippen LogP contribution in [0.25, 0.3) is 21.9 Å². The molecule has 2 aliphatic heterocycles. The molecule has 2 heterocycles. The van der Waals surface area contributed by atoms with E-state index in [1.807, 2.05) is 36.4 Å². The fourth-order valence-electron chi connectivity index (χ4n) is 4.29. The molecule has 31 heavy (non-hydrogen) atoms. The van der Waals surface area contributed by atoms with Gasteiger partial charge in [-0.25, -0.2) is 0 Å². The first-order valence-corrected chi connectivity index (χ1v) is 10.8. The highest BCUT2D eigenvalue weighted by Gasteiger charge is 2.20. The summed E-state index contributed by atoms with van der Waals surface area (Å²) in [5, 5.41) is 12.9. The largest absolute Gasteiger partial charge is 0.490 e. The average molecular weight is 421 g/mol. The zero-order valence-electron chi connectivity index (χ0n) is 17.8. The Morgan fingerprint density at radius 2 is 1.77 bits per heavy atom. The topological polar surface area (TPSA) is 54.4 Å². The Balaban J connectivity index is 1.39. The first-order chi connectivity index (χ1) is 15.2. The van der Waals surface area contributed by atoms with Crippen molar-refractivity contribution in [3.05, 3.63) is 54.6 Å². The normalized spacial score (nSPS) is 17.7. The predicted octanol–water partition coefficient (Wildman–Crippen LogP) is 3.22. The minimum absolute atomic E-state index is 0.246. The molecule has 162 valence electrons. The summed E-state index contributed by atoms with van der Waals surface area (Å²) in [4.78, 5) is 4.61.